The molecule has 1 aliphatic rings. The summed E-state index contributed by atoms with van der Waals surface area (Å²) in [4.78, 5) is 25.5. The number of halogens is 1. The zero-order chi connectivity index (χ0) is 24.7. The van der Waals surface area contributed by atoms with Gasteiger partial charge in [-0.3, -0.25) is 9.59 Å². The van der Waals surface area contributed by atoms with Crippen molar-refractivity contribution in [2.75, 3.05) is 6.54 Å². The molecule has 1 heterocycles. The van der Waals surface area contributed by atoms with Crippen LogP contribution in [0.1, 0.15) is 45.3 Å². The standard InChI is InChI=1S/C24H32FN3O5S/c1-16(2)22(24(30)26-15-20-4-3-13-33-20)28-23(29)18-7-5-17(6-8-18)14-27-34(31,32)21-11-9-19(25)10-12-21/h3-4,9-13,16-18,22,27H,5-8,14-15H2,1-2H3,(H,26,30)(H,28,29)/t17?,18?,22-/m1/s1. The number of sulfonamides is 1. The lowest BCUT2D eigenvalue weighted by molar-refractivity contribution is -0.133. The van der Waals surface area contributed by atoms with E-state index in [0.29, 0.717) is 31.4 Å². The van der Waals surface area contributed by atoms with Gasteiger partial charge in [0.2, 0.25) is 21.8 Å². The quantitative estimate of drug-likeness (QED) is 0.470. The monoisotopic (exact) mass is 493 g/mol. The minimum absolute atomic E-state index is 0.0204. The number of carbonyl (C=O) groups excluding carboxylic acids is 2. The van der Waals surface area contributed by atoms with Crippen LogP contribution in [0, 0.1) is 23.6 Å². The highest BCUT2D eigenvalue weighted by Gasteiger charge is 2.31. The number of rotatable bonds is 10. The molecule has 186 valence electrons. The van der Waals surface area contributed by atoms with Crippen LogP contribution in [-0.4, -0.2) is 32.8 Å². The predicted octanol–water partition coefficient (Wildman–Crippen LogP) is 2.96. The van der Waals surface area contributed by atoms with Crippen LogP contribution in [0.3, 0.4) is 0 Å². The zero-order valence-electron chi connectivity index (χ0n) is 19.4. The highest BCUT2D eigenvalue weighted by atomic mass is 32.2. The Morgan fingerprint density at radius 2 is 1.76 bits per heavy atom. The van der Waals surface area contributed by atoms with Gasteiger partial charge in [-0.25, -0.2) is 17.5 Å². The molecule has 1 fully saturated rings. The molecule has 1 saturated carbocycles. The lowest BCUT2D eigenvalue weighted by Gasteiger charge is -2.30. The number of furan rings is 1. The molecule has 8 nitrogen and oxygen atoms in total. The average molecular weight is 494 g/mol. The van der Waals surface area contributed by atoms with Crippen molar-refractivity contribution >= 4 is 21.8 Å². The van der Waals surface area contributed by atoms with E-state index in [2.05, 4.69) is 15.4 Å². The Morgan fingerprint density at radius 3 is 2.35 bits per heavy atom. The van der Waals surface area contributed by atoms with Crippen LogP contribution in [0.5, 0.6) is 0 Å². The molecule has 10 heteroatoms. The van der Waals surface area contributed by atoms with Gasteiger partial charge >= 0.3 is 0 Å². The first kappa shape index (κ1) is 25.9. The van der Waals surface area contributed by atoms with Crippen molar-refractivity contribution in [3.05, 3.63) is 54.2 Å². The summed E-state index contributed by atoms with van der Waals surface area (Å²) < 4.78 is 45.6. The van der Waals surface area contributed by atoms with Gasteiger partial charge in [-0.1, -0.05) is 13.8 Å². The minimum atomic E-state index is -3.71. The molecule has 0 spiro atoms. The van der Waals surface area contributed by atoms with E-state index in [9.17, 15) is 22.4 Å². The van der Waals surface area contributed by atoms with E-state index < -0.39 is 21.9 Å². The normalized spacial score (nSPS) is 19.5. The number of amides is 2. The molecule has 2 amide bonds. The van der Waals surface area contributed by atoms with Gasteiger partial charge in [0.25, 0.3) is 0 Å². The molecule has 1 atom stereocenters. The highest BCUT2D eigenvalue weighted by Crippen LogP contribution is 2.29. The van der Waals surface area contributed by atoms with E-state index in [1.54, 1.807) is 12.1 Å². The Bertz CT molecular complexity index is 1050. The van der Waals surface area contributed by atoms with Crippen LogP contribution in [0.25, 0.3) is 0 Å². The Hall–Kier alpha value is -2.72. The molecular weight excluding hydrogens is 461 g/mol. The topological polar surface area (TPSA) is 118 Å². The molecule has 1 aromatic carbocycles. The van der Waals surface area contributed by atoms with Crippen LogP contribution in [0.15, 0.2) is 52.0 Å². The lowest BCUT2D eigenvalue weighted by Crippen LogP contribution is -2.51. The maximum atomic E-state index is 13.0. The van der Waals surface area contributed by atoms with E-state index >= 15 is 0 Å². The molecule has 0 aliphatic heterocycles. The summed E-state index contributed by atoms with van der Waals surface area (Å²) in [5.74, 6) is -0.472. The van der Waals surface area contributed by atoms with Crippen molar-refractivity contribution in [1.82, 2.24) is 15.4 Å². The van der Waals surface area contributed by atoms with E-state index in [-0.39, 0.29) is 47.6 Å². The average Bonchev–Trinajstić information content (AvgIpc) is 3.34. The maximum absolute atomic E-state index is 13.0. The molecule has 1 aliphatic carbocycles. The van der Waals surface area contributed by atoms with Crippen molar-refractivity contribution in [2.45, 2.75) is 57.0 Å². The molecular formula is C24H32FN3O5S. The molecule has 0 unspecified atom stereocenters. The summed E-state index contributed by atoms with van der Waals surface area (Å²) in [6, 6.07) is 7.54. The molecule has 34 heavy (non-hydrogen) atoms. The summed E-state index contributed by atoms with van der Waals surface area (Å²) in [6.07, 6.45) is 4.16. The van der Waals surface area contributed by atoms with Gasteiger partial charge in [0.1, 0.15) is 17.6 Å². The van der Waals surface area contributed by atoms with Gasteiger partial charge in [0.15, 0.2) is 0 Å². The fraction of sp³-hybridized carbons (Fsp3) is 0.500. The van der Waals surface area contributed by atoms with Crippen molar-refractivity contribution in [1.29, 1.82) is 0 Å². The van der Waals surface area contributed by atoms with Gasteiger partial charge in [-0.15, -0.1) is 0 Å². The van der Waals surface area contributed by atoms with Crippen molar-refractivity contribution in [3.8, 4) is 0 Å². The number of hydrogen-bond donors (Lipinski definition) is 3. The van der Waals surface area contributed by atoms with Crippen molar-refractivity contribution in [3.63, 3.8) is 0 Å². The van der Waals surface area contributed by atoms with Crippen molar-refractivity contribution < 1.29 is 26.8 Å². The van der Waals surface area contributed by atoms with E-state index in [0.717, 1.165) is 12.1 Å². The lowest BCUT2D eigenvalue weighted by atomic mass is 9.81. The third-order valence-corrected chi connectivity index (χ3v) is 7.61. The van der Waals surface area contributed by atoms with Crippen LogP contribution in [0.4, 0.5) is 4.39 Å². The second-order valence-electron chi connectivity index (χ2n) is 9.05. The number of nitrogens with one attached hydrogen (secondary N) is 3. The Labute approximate surface area is 199 Å². The Kier molecular flexibility index (Phi) is 8.84. The summed E-state index contributed by atoms with van der Waals surface area (Å²) in [5, 5.41) is 5.69. The van der Waals surface area contributed by atoms with Crippen LogP contribution in [0.2, 0.25) is 0 Å². The SMILES string of the molecule is CC(C)[C@@H](NC(=O)C1CCC(CNS(=O)(=O)c2ccc(F)cc2)CC1)C(=O)NCc1ccco1. The van der Waals surface area contributed by atoms with Gasteiger partial charge in [0, 0.05) is 12.5 Å². The second kappa shape index (κ2) is 11.6. The van der Waals surface area contributed by atoms with E-state index in [4.69, 9.17) is 4.42 Å². The third-order valence-electron chi connectivity index (χ3n) is 6.17. The molecule has 0 saturated heterocycles. The predicted molar refractivity (Wildman–Crippen MR) is 124 cm³/mol. The van der Waals surface area contributed by atoms with Gasteiger partial charge in [-0.2, -0.15) is 0 Å². The van der Waals surface area contributed by atoms with Gasteiger partial charge in [-0.05, 0) is 73.9 Å². The molecule has 2 aromatic rings. The molecule has 3 rings (SSSR count). The molecule has 0 bridgehead atoms. The van der Waals surface area contributed by atoms with Gasteiger partial charge < -0.3 is 15.1 Å². The number of benzene rings is 1. The van der Waals surface area contributed by atoms with Crippen LogP contribution in [-0.2, 0) is 26.2 Å². The first-order chi connectivity index (χ1) is 16.2. The summed E-state index contributed by atoms with van der Waals surface area (Å²) >= 11 is 0. The van der Waals surface area contributed by atoms with Crippen LogP contribution >= 0.6 is 0 Å². The molecule has 0 radical (unpaired) electrons. The third kappa shape index (κ3) is 7.14. The maximum Gasteiger partial charge on any atom is 0.243 e. The largest absolute Gasteiger partial charge is 0.467 e. The first-order valence-electron chi connectivity index (χ1n) is 11.5. The summed E-state index contributed by atoms with van der Waals surface area (Å²) in [6.45, 7) is 4.27. The second-order valence-corrected chi connectivity index (χ2v) is 10.8. The molecule has 1 aromatic heterocycles. The fourth-order valence-corrected chi connectivity index (χ4v) is 5.17. The summed E-state index contributed by atoms with van der Waals surface area (Å²) in [7, 11) is -3.71. The van der Waals surface area contributed by atoms with E-state index in [1.807, 2.05) is 13.8 Å². The highest BCUT2D eigenvalue weighted by molar-refractivity contribution is 7.89. The summed E-state index contributed by atoms with van der Waals surface area (Å²) in [5.41, 5.74) is 0. The van der Waals surface area contributed by atoms with Gasteiger partial charge in [0.05, 0.1) is 17.7 Å². The Balaban J connectivity index is 1.45. The smallest absolute Gasteiger partial charge is 0.243 e. The Morgan fingerprint density at radius 1 is 1.09 bits per heavy atom. The number of carbonyl (C=O) groups is 2. The first-order valence-corrected chi connectivity index (χ1v) is 13.0. The minimum Gasteiger partial charge on any atom is -0.467 e. The van der Waals surface area contributed by atoms with Crippen LogP contribution < -0.4 is 15.4 Å². The zero-order valence-corrected chi connectivity index (χ0v) is 20.2. The molecule has 3 N–H and O–H groups in total. The van der Waals surface area contributed by atoms with Crippen molar-refractivity contribution in [2.24, 2.45) is 17.8 Å². The van der Waals surface area contributed by atoms with E-state index in [1.165, 1.54) is 18.4 Å². The fourth-order valence-electron chi connectivity index (χ4n) is 4.06. The number of hydrogen-bond acceptors (Lipinski definition) is 5.